The molecular formula is C26H25F5N3O5P. The van der Waals surface area contributed by atoms with Gasteiger partial charge in [0, 0.05) is 49.5 Å². The van der Waals surface area contributed by atoms with E-state index in [1.54, 1.807) is 25.2 Å². The standard InChI is InChI=1S/C17H14F2N2O2.C9H11F3NO3P/c1-20-9-13-3-2-11(10-22)6-16(13)21(17(20)23)8-12-4-14(18)7-15(19)5-12;1-13(5-16-17(14)15)4-7-8(11)2-6(10)3-9(7)12/h2-7,10H,8-9H2,1H3;2-3,14-15H,4-5H2,1H3. The Balaban J connectivity index is 0.000000232. The second kappa shape index (κ2) is 13.7. The van der Waals surface area contributed by atoms with Crippen LogP contribution in [0.25, 0.3) is 0 Å². The van der Waals surface area contributed by atoms with Gasteiger partial charge in [-0.1, -0.05) is 12.1 Å². The van der Waals surface area contributed by atoms with E-state index in [1.807, 2.05) is 0 Å². The molecular weight excluding hydrogens is 560 g/mol. The minimum atomic E-state index is -2.52. The van der Waals surface area contributed by atoms with Crippen molar-refractivity contribution in [2.24, 2.45) is 0 Å². The SMILES string of the molecule is CN(COP(O)O)Cc1c(F)cc(F)cc1F.CN1Cc2ccc(C=O)cc2N(Cc2cc(F)cc(F)c2)C1=O. The molecule has 3 aromatic carbocycles. The van der Waals surface area contributed by atoms with Gasteiger partial charge in [0.1, 0.15) is 42.1 Å². The minimum Gasteiger partial charge on any atom is -0.328 e. The Morgan fingerprint density at radius 3 is 2.15 bits per heavy atom. The first-order valence-electron chi connectivity index (χ1n) is 11.6. The van der Waals surface area contributed by atoms with Crippen LogP contribution >= 0.6 is 8.60 Å². The third-order valence-electron chi connectivity index (χ3n) is 5.69. The number of aldehydes is 1. The van der Waals surface area contributed by atoms with Gasteiger partial charge in [0.05, 0.1) is 12.2 Å². The van der Waals surface area contributed by atoms with E-state index in [4.69, 9.17) is 9.79 Å². The molecule has 1 heterocycles. The van der Waals surface area contributed by atoms with Crippen molar-refractivity contribution in [3.8, 4) is 0 Å². The molecule has 0 radical (unpaired) electrons. The number of carbonyl (C=O) groups is 2. The Labute approximate surface area is 227 Å². The average molecular weight is 585 g/mol. The molecule has 1 aliphatic heterocycles. The molecule has 0 unspecified atom stereocenters. The Kier molecular flexibility index (Phi) is 10.7. The van der Waals surface area contributed by atoms with E-state index in [2.05, 4.69) is 4.52 Å². The monoisotopic (exact) mass is 585 g/mol. The van der Waals surface area contributed by atoms with Crippen molar-refractivity contribution in [3.05, 3.63) is 99.9 Å². The Morgan fingerprint density at radius 1 is 0.975 bits per heavy atom. The molecule has 14 heteroatoms. The number of urea groups is 1. The lowest BCUT2D eigenvalue weighted by Gasteiger charge is -2.35. The summed E-state index contributed by atoms with van der Waals surface area (Å²) < 4.78 is 70.3. The molecule has 2 amide bonds. The number of amides is 2. The molecule has 1 aliphatic rings. The van der Waals surface area contributed by atoms with Gasteiger partial charge < -0.3 is 14.7 Å². The van der Waals surface area contributed by atoms with Crippen molar-refractivity contribution in [2.75, 3.05) is 25.7 Å². The van der Waals surface area contributed by atoms with Crippen LogP contribution in [0.5, 0.6) is 0 Å². The van der Waals surface area contributed by atoms with Crippen LogP contribution in [0.4, 0.5) is 32.4 Å². The van der Waals surface area contributed by atoms with E-state index >= 15 is 0 Å². The molecule has 8 nitrogen and oxygen atoms in total. The summed E-state index contributed by atoms with van der Waals surface area (Å²) >= 11 is 0. The summed E-state index contributed by atoms with van der Waals surface area (Å²) in [5.74, 6) is -4.37. The molecule has 4 rings (SSSR count). The largest absolute Gasteiger partial charge is 0.328 e. The molecule has 0 aromatic heterocycles. The van der Waals surface area contributed by atoms with Crippen molar-refractivity contribution >= 4 is 26.6 Å². The first kappa shape index (κ1) is 31.1. The van der Waals surface area contributed by atoms with Crippen molar-refractivity contribution < 1.29 is 45.9 Å². The van der Waals surface area contributed by atoms with Gasteiger partial charge in [-0.2, -0.15) is 0 Å². The van der Waals surface area contributed by atoms with E-state index < -0.39 is 37.7 Å². The Hall–Kier alpha value is -3.48. The van der Waals surface area contributed by atoms with Crippen molar-refractivity contribution in [3.63, 3.8) is 0 Å². The lowest BCUT2D eigenvalue weighted by atomic mass is 10.0. The van der Waals surface area contributed by atoms with Gasteiger partial charge >= 0.3 is 14.6 Å². The highest BCUT2D eigenvalue weighted by Crippen LogP contribution is 2.30. The fourth-order valence-electron chi connectivity index (χ4n) is 3.90. The highest BCUT2D eigenvalue weighted by atomic mass is 31.2. The number of hydrogen-bond acceptors (Lipinski definition) is 6. The van der Waals surface area contributed by atoms with Gasteiger partial charge in [-0.25, -0.2) is 26.7 Å². The molecule has 0 saturated carbocycles. The average Bonchev–Trinajstić information content (AvgIpc) is 2.87. The van der Waals surface area contributed by atoms with E-state index in [9.17, 15) is 31.5 Å². The fraction of sp³-hybridized carbons (Fsp3) is 0.231. The number of halogens is 5. The Bertz CT molecular complexity index is 1340. The smallest absolute Gasteiger partial charge is 0.328 e. The van der Waals surface area contributed by atoms with Crippen molar-refractivity contribution in [2.45, 2.75) is 19.6 Å². The maximum Gasteiger partial charge on any atom is 0.328 e. The summed E-state index contributed by atoms with van der Waals surface area (Å²) in [6.45, 7) is 0.0462. The topological polar surface area (TPSA) is 93.6 Å². The van der Waals surface area contributed by atoms with Gasteiger partial charge in [0.2, 0.25) is 0 Å². The van der Waals surface area contributed by atoms with Crippen molar-refractivity contribution in [1.82, 2.24) is 9.80 Å². The zero-order valence-corrected chi connectivity index (χ0v) is 22.2. The highest BCUT2D eigenvalue weighted by Gasteiger charge is 2.28. The van der Waals surface area contributed by atoms with Crippen molar-refractivity contribution in [1.29, 1.82) is 0 Å². The molecule has 2 N–H and O–H groups in total. The number of fused-ring (bicyclic) bond motifs is 1. The summed E-state index contributed by atoms with van der Waals surface area (Å²) in [6.07, 6.45) is 0.698. The number of benzene rings is 3. The number of hydrogen-bond donors (Lipinski definition) is 2. The van der Waals surface area contributed by atoms with Crippen LogP contribution in [0.15, 0.2) is 48.5 Å². The molecule has 0 atom stereocenters. The van der Waals surface area contributed by atoms with Gasteiger partial charge in [0.25, 0.3) is 0 Å². The summed E-state index contributed by atoms with van der Waals surface area (Å²) in [5.41, 5.74) is 1.93. The summed E-state index contributed by atoms with van der Waals surface area (Å²) in [6, 6.07) is 9.11. The zero-order valence-electron chi connectivity index (χ0n) is 21.3. The molecule has 40 heavy (non-hydrogen) atoms. The van der Waals surface area contributed by atoms with Gasteiger partial charge in [-0.05, 0) is 36.4 Å². The first-order chi connectivity index (χ1) is 18.9. The maximum absolute atomic E-state index is 13.4. The molecule has 0 spiro atoms. The summed E-state index contributed by atoms with van der Waals surface area (Å²) in [5, 5.41) is 0. The van der Waals surface area contributed by atoms with Crippen LogP contribution in [0, 0.1) is 29.1 Å². The van der Waals surface area contributed by atoms with Gasteiger partial charge in [-0.15, -0.1) is 0 Å². The van der Waals surface area contributed by atoms with Crippen LogP contribution in [0.1, 0.15) is 27.0 Å². The first-order valence-corrected chi connectivity index (χ1v) is 12.7. The van der Waals surface area contributed by atoms with E-state index in [0.717, 1.165) is 11.6 Å². The third-order valence-corrected chi connectivity index (χ3v) is 6.04. The summed E-state index contributed by atoms with van der Waals surface area (Å²) in [7, 11) is 0.593. The number of nitrogens with zero attached hydrogens (tertiary/aromatic N) is 3. The normalized spacial score (nSPS) is 12.9. The molecule has 0 fully saturated rings. The van der Waals surface area contributed by atoms with Gasteiger partial charge in [0.15, 0.2) is 0 Å². The maximum atomic E-state index is 13.4. The number of anilines is 1. The molecule has 0 saturated heterocycles. The Morgan fingerprint density at radius 2 is 1.57 bits per heavy atom. The van der Waals surface area contributed by atoms with Crippen LogP contribution in [-0.2, 0) is 24.2 Å². The number of rotatable bonds is 8. The fourth-order valence-corrected chi connectivity index (χ4v) is 4.20. The predicted octanol–water partition coefficient (Wildman–Crippen LogP) is 5.07. The van der Waals surface area contributed by atoms with Gasteiger partial charge in [-0.3, -0.25) is 19.1 Å². The predicted molar refractivity (Wildman–Crippen MR) is 136 cm³/mol. The lowest BCUT2D eigenvalue weighted by Crippen LogP contribution is -2.44. The molecule has 214 valence electrons. The molecule has 3 aromatic rings. The van der Waals surface area contributed by atoms with E-state index in [0.29, 0.717) is 41.8 Å². The highest BCUT2D eigenvalue weighted by molar-refractivity contribution is 7.39. The second-order valence-electron chi connectivity index (χ2n) is 8.88. The summed E-state index contributed by atoms with van der Waals surface area (Å²) in [4.78, 5) is 44.6. The zero-order chi connectivity index (χ0) is 29.6. The van der Waals surface area contributed by atoms with E-state index in [-0.39, 0.29) is 31.4 Å². The van der Waals surface area contributed by atoms with Crippen LogP contribution in [-0.4, -0.2) is 52.7 Å². The minimum absolute atomic E-state index is 0.0210. The molecule has 0 aliphatic carbocycles. The van der Waals surface area contributed by atoms with E-state index in [1.165, 1.54) is 33.9 Å². The number of carbonyl (C=O) groups excluding carboxylic acids is 2. The van der Waals surface area contributed by atoms with Crippen LogP contribution < -0.4 is 4.90 Å². The molecule has 0 bridgehead atoms. The van der Waals surface area contributed by atoms with Crippen LogP contribution in [0.2, 0.25) is 0 Å². The lowest BCUT2D eigenvalue weighted by molar-refractivity contribution is 0.112. The second-order valence-corrected chi connectivity index (χ2v) is 9.65. The van der Waals surface area contributed by atoms with Crippen LogP contribution in [0.3, 0.4) is 0 Å². The third kappa shape index (κ3) is 8.26. The quantitative estimate of drug-likeness (QED) is 0.166.